The summed E-state index contributed by atoms with van der Waals surface area (Å²) in [5.41, 5.74) is 0. The zero-order valence-electron chi connectivity index (χ0n) is 11.7. The molecule has 1 N–H and O–H groups in total. The predicted octanol–water partition coefficient (Wildman–Crippen LogP) is 2.05. The molecule has 102 valence electrons. The largest absolute Gasteiger partial charge is 0.356 e. The summed E-state index contributed by atoms with van der Waals surface area (Å²) in [5.74, 6) is 1.75. The van der Waals surface area contributed by atoms with Gasteiger partial charge in [-0.25, -0.2) is 0 Å². The topological polar surface area (TPSA) is 32.3 Å². The highest BCUT2D eigenvalue weighted by Crippen LogP contribution is 2.43. The molecule has 2 aliphatic carbocycles. The quantitative estimate of drug-likeness (QED) is 0.554. The van der Waals surface area contributed by atoms with Crippen LogP contribution in [0.4, 0.5) is 0 Å². The van der Waals surface area contributed by atoms with Crippen LogP contribution in [-0.4, -0.2) is 37.0 Å². The van der Waals surface area contributed by atoms with Gasteiger partial charge >= 0.3 is 0 Å². The summed E-state index contributed by atoms with van der Waals surface area (Å²) >= 11 is 0. The minimum Gasteiger partial charge on any atom is -0.356 e. The highest BCUT2D eigenvalue weighted by molar-refractivity contribution is 5.79. The normalized spacial score (nSPS) is 29.2. The minimum absolute atomic E-state index is 0.258. The highest BCUT2D eigenvalue weighted by atomic mass is 16.1. The number of allylic oxidation sites excluding steroid dienone is 2. The molecule has 1 amide bonds. The first-order valence-corrected chi connectivity index (χ1v) is 7.43. The van der Waals surface area contributed by atoms with Crippen molar-refractivity contribution in [1.29, 1.82) is 0 Å². The van der Waals surface area contributed by atoms with Gasteiger partial charge in [0.15, 0.2) is 0 Å². The first-order chi connectivity index (χ1) is 8.74. The standard InChI is InChI=1S/C15H26N2O/c1-3-17(4-2)9-5-8-16-15(18)14-11-12-6-7-13(14)10-12/h6-7,12-14H,3-5,8-11H2,1-2H3,(H,16,18). The molecule has 1 saturated carbocycles. The number of amides is 1. The van der Waals surface area contributed by atoms with E-state index in [4.69, 9.17) is 0 Å². The van der Waals surface area contributed by atoms with Crippen LogP contribution in [0.25, 0.3) is 0 Å². The summed E-state index contributed by atoms with van der Waals surface area (Å²) in [6.07, 6.45) is 7.87. The van der Waals surface area contributed by atoms with Gasteiger partial charge in [-0.15, -0.1) is 0 Å². The molecule has 0 aromatic rings. The van der Waals surface area contributed by atoms with Gasteiger partial charge in [0.2, 0.25) is 5.91 Å². The van der Waals surface area contributed by atoms with Crippen LogP contribution in [-0.2, 0) is 4.79 Å². The molecule has 3 heteroatoms. The number of carbonyl (C=O) groups excluding carboxylic acids is 1. The number of carbonyl (C=O) groups is 1. The van der Waals surface area contributed by atoms with E-state index in [1.165, 1.54) is 6.42 Å². The molecule has 0 spiro atoms. The smallest absolute Gasteiger partial charge is 0.223 e. The van der Waals surface area contributed by atoms with Crippen molar-refractivity contribution in [2.24, 2.45) is 17.8 Å². The summed E-state index contributed by atoms with van der Waals surface area (Å²) in [4.78, 5) is 14.5. The third kappa shape index (κ3) is 3.14. The maximum absolute atomic E-state index is 12.1. The van der Waals surface area contributed by atoms with E-state index < -0.39 is 0 Å². The van der Waals surface area contributed by atoms with Crippen LogP contribution in [0, 0.1) is 17.8 Å². The van der Waals surface area contributed by atoms with Crippen molar-refractivity contribution < 1.29 is 4.79 Å². The molecular weight excluding hydrogens is 224 g/mol. The molecule has 1 fully saturated rings. The second-order valence-electron chi connectivity index (χ2n) is 5.56. The summed E-state index contributed by atoms with van der Waals surface area (Å²) in [6.45, 7) is 8.48. The van der Waals surface area contributed by atoms with E-state index in [9.17, 15) is 4.79 Å². The van der Waals surface area contributed by atoms with E-state index in [0.717, 1.165) is 39.0 Å². The average molecular weight is 250 g/mol. The summed E-state index contributed by atoms with van der Waals surface area (Å²) < 4.78 is 0. The molecule has 0 aromatic heterocycles. The van der Waals surface area contributed by atoms with Crippen LogP contribution in [0.3, 0.4) is 0 Å². The Kier molecular flexibility index (Phi) is 4.81. The molecule has 0 aliphatic heterocycles. The predicted molar refractivity (Wildman–Crippen MR) is 74.3 cm³/mol. The Balaban J connectivity index is 1.62. The molecule has 2 aliphatic rings. The Hall–Kier alpha value is -0.830. The Morgan fingerprint density at radius 2 is 2.06 bits per heavy atom. The Bertz CT molecular complexity index is 310. The first kappa shape index (κ1) is 13.6. The number of nitrogens with one attached hydrogen (secondary N) is 1. The molecular formula is C15H26N2O. The van der Waals surface area contributed by atoms with Crippen LogP contribution < -0.4 is 5.32 Å². The molecule has 3 atom stereocenters. The fourth-order valence-corrected chi connectivity index (χ4v) is 3.27. The van der Waals surface area contributed by atoms with E-state index in [0.29, 0.717) is 11.8 Å². The first-order valence-electron chi connectivity index (χ1n) is 7.43. The lowest BCUT2D eigenvalue weighted by molar-refractivity contribution is -0.125. The maximum atomic E-state index is 12.1. The monoisotopic (exact) mass is 250 g/mol. The van der Waals surface area contributed by atoms with Crippen LogP contribution in [0.1, 0.15) is 33.1 Å². The van der Waals surface area contributed by atoms with Gasteiger partial charge in [0.05, 0.1) is 0 Å². The van der Waals surface area contributed by atoms with Crippen LogP contribution in [0.5, 0.6) is 0 Å². The summed E-state index contributed by atoms with van der Waals surface area (Å²) in [7, 11) is 0. The molecule has 3 unspecified atom stereocenters. The summed E-state index contributed by atoms with van der Waals surface area (Å²) in [6, 6.07) is 0. The van der Waals surface area contributed by atoms with E-state index in [2.05, 4.69) is 36.2 Å². The lowest BCUT2D eigenvalue weighted by atomic mass is 9.93. The van der Waals surface area contributed by atoms with Crippen molar-refractivity contribution >= 4 is 5.91 Å². The van der Waals surface area contributed by atoms with Gasteiger partial charge in [0, 0.05) is 12.5 Å². The van der Waals surface area contributed by atoms with Crippen molar-refractivity contribution in [3.05, 3.63) is 12.2 Å². The number of hydrogen-bond acceptors (Lipinski definition) is 2. The molecule has 0 aromatic carbocycles. The van der Waals surface area contributed by atoms with E-state index >= 15 is 0 Å². The van der Waals surface area contributed by atoms with Crippen molar-refractivity contribution in [2.75, 3.05) is 26.2 Å². The molecule has 3 nitrogen and oxygen atoms in total. The molecule has 0 radical (unpaired) electrons. The van der Waals surface area contributed by atoms with Crippen molar-refractivity contribution in [3.8, 4) is 0 Å². The van der Waals surface area contributed by atoms with Crippen molar-refractivity contribution in [1.82, 2.24) is 10.2 Å². The van der Waals surface area contributed by atoms with Crippen LogP contribution in [0.15, 0.2) is 12.2 Å². The maximum Gasteiger partial charge on any atom is 0.223 e. The van der Waals surface area contributed by atoms with Gasteiger partial charge in [0.25, 0.3) is 0 Å². The molecule has 0 saturated heterocycles. The third-order valence-electron chi connectivity index (χ3n) is 4.46. The fraction of sp³-hybridized carbons (Fsp3) is 0.800. The zero-order valence-corrected chi connectivity index (χ0v) is 11.7. The van der Waals surface area contributed by atoms with Gasteiger partial charge in [-0.05, 0) is 50.7 Å². The third-order valence-corrected chi connectivity index (χ3v) is 4.46. The van der Waals surface area contributed by atoms with Gasteiger partial charge < -0.3 is 10.2 Å². The number of fused-ring (bicyclic) bond motifs is 2. The van der Waals surface area contributed by atoms with E-state index in [1.807, 2.05) is 0 Å². The van der Waals surface area contributed by atoms with E-state index in [-0.39, 0.29) is 11.8 Å². The second-order valence-corrected chi connectivity index (χ2v) is 5.56. The van der Waals surface area contributed by atoms with Gasteiger partial charge in [-0.3, -0.25) is 4.79 Å². The molecule has 2 bridgehead atoms. The zero-order chi connectivity index (χ0) is 13.0. The minimum atomic E-state index is 0.258. The lowest BCUT2D eigenvalue weighted by Gasteiger charge is -2.20. The number of hydrogen-bond donors (Lipinski definition) is 1. The summed E-state index contributed by atoms with van der Waals surface area (Å²) in [5, 5.41) is 3.11. The lowest BCUT2D eigenvalue weighted by Crippen LogP contribution is -2.35. The van der Waals surface area contributed by atoms with Crippen molar-refractivity contribution in [3.63, 3.8) is 0 Å². The van der Waals surface area contributed by atoms with E-state index in [1.54, 1.807) is 0 Å². The Labute approximate surface area is 111 Å². The number of rotatable bonds is 7. The van der Waals surface area contributed by atoms with Crippen LogP contribution in [0.2, 0.25) is 0 Å². The SMILES string of the molecule is CCN(CC)CCCNC(=O)C1CC2C=CC1C2. The van der Waals surface area contributed by atoms with Gasteiger partial charge in [-0.1, -0.05) is 26.0 Å². The van der Waals surface area contributed by atoms with Gasteiger partial charge in [-0.2, -0.15) is 0 Å². The van der Waals surface area contributed by atoms with Crippen molar-refractivity contribution in [2.45, 2.75) is 33.1 Å². The van der Waals surface area contributed by atoms with Crippen LogP contribution >= 0.6 is 0 Å². The second kappa shape index (κ2) is 6.37. The van der Waals surface area contributed by atoms with Gasteiger partial charge in [0.1, 0.15) is 0 Å². The number of nitrogens with zero attached hydrogens (tertiary/aromatic N) is 1. The molecule has 0 heterocycles. The average Bonchev–Trinajstić information content (AvgIpc) is 3.01. The fourth-order valence-electron chi connectivity index (χ4n) is 3.27. The highest BCUT2D eigenvalue weighted by Gasteiger charge is 2.39. The molecule has 18 heavy (non-hydrogen) atoms. The Morgan fingerprint density at radius 3 is 2.61 bits per heavy atom. The molecule has 2 rings (SSSR count). The Morgan fingerprint density at radius 1 is 1.28 bits per heavy atom.